The molecular weight excluding hydrogens is 410 g/mol. The Labute approximate surface area is 188 Å². The van der Waals surface area contributed by atoms with Crippen LogP contribution in [0.1, 0.15) is 59.2 Å². The van der Waals surface area contributed by atoms with Crippen molar-refractivity contribution in [3.8, 4) is 0 Å². The number of hydrogen-bond donors (Lipinski definition) is 1. The molecule has 0 unspecified atom stereocenters. The Balaban J connectivity index is 2.04. The van der Waals surface area contributed by atoms with Crippen molar-refractivity contribution in [3.63, 3.8) is 0 Å². The maximum Gasteiger partial charge on any atom is 0.355 e. The molecule has 1 heterocycles. The van der Waals surface area contributed by atoms with Gasteiger partial charge in [-0.05, 0) is 57.4 Å². The average Bonchev–Trinajstić information content (AvgIpc) is 3.15. The second-order valence-corrected chi connectivity index (χ2v) is 7.93. The summed E-state index contributed by atoms with van der Waals surface area (Å²) in [4.78, 5) is 50.7. The van der Waals surface area contributed by atoms with Crippen molar-refractivity contribution in [2.45, 2.75) is 47.1 Å². The SMILES string of the molecule is CC[C@@H](C)N(CC(=O)Nc1cccc(C)c1C)C(=O)COC(=O)c1cc(C(C)=O)cn1C. The quantitative estimate of drug-likeness (QED) is 0.476. The molecule has 0 saturated heterocycles. The zero-order valence-electron chi connectivity index (χ0n) is 19.5. The van der Waals surface area contributed by atoms with Gasteiger partial charge in [0.2, 0.25) is 5.91 Å². The topological polar surface area (TPSA) is 97.7 Å². The van der Waals surface area contributed by atoms with Crippen LogP contribution < -0.4 is 5.32 Å². The van der Waals surface area contributed by atoms with E-state index in [4.69, 9.17) is 4.74 Å². The van der Waals surface area contributed by atoms with E-state index in [0.29, 0.717) is 17.7 Å². The lowest BCUT2D eigenvalue weighted by Gasteiger charge is -2.28. The Hall–Kier alpha value is -3.42. The maximum atomic E-state index is 12.8. The fourth-order valence-corrected chi connectivity index (χ4v) is 3.19. The Morgan fingerprint density at radius 3 is 2.47 bits per heavy atom. The van der Waals surface area contributed by atoms with Crippen LogP contribution in [0.2, 0.25) is 0 Å². The number of anilines is 1. The van der Waals surface area contributed by atoms with Gasteiger partial charge >= 0.3 is 5.97 Å². The van der Waals surface area contributed by atoms with Gasteiger partial charge in [0.15, 0.2) is 12.4 Å². The number of amides is 2. The summed E-state index contributed by atoms with van der Waals surface area (Å²) in [5.74, 6) is -1.68. The lowest BCUT2D eigenvalue weighted by molar-refractivity contribution is -0.139. The molecule has 172 valence electrons. The number of benzene rings is 1. The third-order valence-corrected chi connectivity index (χ3v) is 5.58. The molecule has 1 aromatic heterocycles. The lowest BCUT2D eigenvalue weighted by Crippen LogP contribution is -2.45. The third-order valence-electron chi connectivity index (χ3n) is 5.58. The van der Waals surface area contributed by atoms with Crippen LogP contribution in [0.5, 0.6) is 0 Å². The second kappa shape index (κ2) is 10.7. The predicted molar refractivity (Wildman–Crippen MR) is 122 cm³/mol. The molecule has 0 bridgehead atoms. The highest BCUT2D eigenvalue weighted by Crippen LogP contribution is 2.18. The highest BCUT2D eigenvalue weighted by molar-refractivity contribution is 5.98. The number of aromatic nitrogens is 1. The summed E-state index contributed by atoms with van der Waals surface area (Å²) < 4.78 is 6.66. The van der Waals surface area contributed by atoms with Gasteiger partial charge in [0.25, 0.3) is 5.91 Å². The fraction of sp³-hybridized carbons (Fsp3) is 0.417. The van der Waals surface area contributed by atoms with Crippen LogP contribution in [0.15, 0.2) is 30.5 Å². The number of rotatable bonds is 9. The van der Waals surface area contributed by atoms with Gasteiger partial charge in [-0.3, -0.25) is 14.4 Å². The Kier molecular flexibility index (Phi) is 8.34. The van der Waals surface area contributed by atoms with E-state index in [2.05, 4.69) is 5.32 Å². The van der Waals surface area contributed by atoms with Crippen molar-refractivity contribution in [2.75, 3.05) is 18.5 Å². The molecule has 0 fully saturated rings. The zero-order valence-corrected chi connectivity index (χ0v) is 19.5. The Morgan fingerprint density at radius 2 is 1.88 bits per heavy atom. The first kappa shape index (κ1) is 24.8. The van der Waals surface area contributed by atoms with Crippen molar-refractivity contribution in [1.29, 1.82) is 0 Å². The molecule has 1 aromatic carbocycles. The van der Waals surface area contributed by atoms with Crippen molar-refractivity contribution < 1.29 is 23.9 Å². The van der Waals surface area contributed by atoms with Crippen LogP contribution in [0.25, 0.3) is 0 Å². The van der Waals surface area contributed by atoms with Gasteiger partial charge in [0, 0.05) is 30.5 Å². The maximum absolute atomic E-state index is 12.8. The number of carbonyl (C=O) groups excluding carboxylic acids is 4. The summed E-state index contributed by atoms with van der Waals surface area (Å²) in [6.45, 7) is 8.37. The minimum atomic E-state index is -0.711. The number of nitrogens with zero attached hydrogens (tertiary/aromatic N) is 2. The van der Waals surface area contributed by atoms with Crippen molar-refractivity contribution in [2.24, 2.45) is 7.05 Å². The van der Waals surface area contributed by atoms with Crippen molar-refractivity contribution >= 4 is 29.3 Å². The first-order chi connectivity index (χ1) is 15.0. The molecule has 2 amide bonds. The van der Waals surface area contributed by atoms with Crippen LogP contribution in [0.4, 0.5) is 5.69 Å². The van der Waals surface area contributed by atoms with Gasteiger partial charge < -0.3 is 19.5 Å². The molecule has 0 saturated carbocycles. The second-order valence-electron chi connectivity index (χ2n) is 7.93. The molecular formula is C24H31N3O5. The monoisotopic (exact) mass is 441 g/mol. The van der Waals surface area contributed by atoms with Gasteiger partial charge in [-0.25, -0.2) is 4.79 Å². The van der Waals surface area contributed by atoms with Crippen molar-refractivity contribution in [1.82, 2.24) is 9.47 Å². The van der Waals surface area contributed by atoms with Crippen LogP contribution in [-0.4, -0.2) is 52.2 Å². The molecule has 8 nitrogen and oxygen atoms in total. The van der Waals surface area contributed by atoms with E-state index in [1.165, 1.54) is 28.7 Å². The normalized spacial score (nSPS) is 11.6. The summed E-state index contributed by atoms with van der Waals surface area (Å²) in [6, 6.07) is 6.84. The number of nitrogens with one attached hydrogen (secondary N) is 1. The van der Waals surface area contributed by atoms with Crippen LogP contribution in [0.3, 0.4) is 0 Å². The summed E-state index contributed by atoms with van der Waals surface area (Å²) in [5, 5.41) is 2.85. The van der Waals surface area contributed by atoms with Crippen LogP contribution >= 0.6 is 0 Å². The van der Waals surface area contributed by atoms with E-state index in [1.54, 1.807) is 7.05 Å². The van der Waals surface area contributed by atoms with Crippen LogP contribution in [-0.2, 0) is 21.4 Å². The molecule has 0 radical (unpaired) electrons. The van der Waals surface area contributed by atoms with E-state index in [1.807, 2.05) is 45.9 Å². The van der Waals surface area contributed by atoms with E-state index in [-0.39, 0.29) is 30.0 Å². The zero-order chi connectivity index (χ0) is 24.0. The predicted octanol–water partition coefficient (Wildman–Crippen LogP) is 3.27. The lowest BCUT2D eigenvalue weighted by atomic mass is 10.1. The smallest absolute Gasteiger partial charge is 0.355 e. The number of ether oxygens (including phenoxy) is 1. The molecule has 32 heavy (non-hydrogen) atoms. The number of esters is 1. The van der Waals surface area contributed by atoms with E-state index in [0.717, 1.165) is 11.1 Å². The first-order valence-corrected chi connectivity index (χ1v) is 10.5. The number of Topliss-reactive ketones (excluding diaryl/α,β-unsaturated/α-hetero) is 1. The minimum Gasteiger partial charge on any atom is -0.451 e. The Bertz CT molecular complexity index is 1020. The molecule has 1 atom stereocenters. The Morgan fingerprint density at radius 1 is 1.19 bits per heavy atom. The molecule has 0 aliphatic rings. The highest BCUT2D eigenvalue weighted by Gasteiger charge is 2.24. The van der Waals surface area contributed by atoms with E-state index < -0.39 is 18.5 Å². The fourth-order valence-electron chi connectivity index (χ4n) is 3.19. The third kappa shape index (κ3) is 6.06. The average molecular weight is 442 g/mol. The van der Waals surface area contributed by atoms with Gasteiger partial charge in [-0.2, -0.15) is 0 Å². The van der Waals surface area contributed by atoms with Gasteiger partial charge in [-0.1, -0.05) is 19.1 Å². The van der Waals surface area contributed by atoms with E-state index >= 15 is 0 Å². The highest BCUT2D eigenvalue weighted by atomic mass is 16.5. The minimum absolute atomic E-state index is 0.155. The number of hydrogen-bond acceptors (Lipinski definition) is 5. The summed E-state index contributed by atoms with van der Waals surface area (Å²) in [6.07, 6.45) is 2.17. The van der Waals surface area contributed by atoms with E-state index in [9.17, 15) is 19.2 Å². The van der Waals surface area contributed by atoms with Gasteiger partial charge in [-0.15, -0.1) is 0 Å². The largest absolute Gasteiger partial charge is 0.451 e. The van der Waals surface area contributed by atoms with Crippen LogP contribution in [0, 0.1) is 13.8 Å². The van der Waals surface area contributed by atoms with Gasteiger partial charge in [0.1, 0.15) is 12.2 Å². The summed E-state index contributed by atoms with van der Waals surface area (Å²) >= 11 is 0. The number of ketones is 1. The number of carbonyl (C=O) groups is 4. The number of aryl methyl sites for hydroxylation is 2. The first-order valence-electron chi connectivity index (χ1n) is 10.5. The summed E-state index contributed by atoms with van der Waals surface area (Å²) in [7, 11) is 1.62. The van der Waals surface area contributed by atoms with Gasteiger partial charge in [0.05, 0.1) is 0 Å². The van der Waals surface area contributed by atoms with Crippen molar-refractivity contribution in [3.05, 3.63) is 52.8 Å². The standard InChI is InChI=1S/C24H31N3O5/c1-7-16(3)27(13-22(29)25-20-10-8-9-15(2)17(20)4)23(30)14-32-24(31)21-11-19(18(5)28)12-26(21)6/h8-12,16H,7,13-14H2,1-6H3,(H,25,29)/t16-/m1/s1. The molecule has 1 N–H and O–H groups in total. The molecule has 0 spiro atoms. The summed E-state index contributed by atoms with van der Waals surface area (Å²) in [5.41, 5.74) is 3.27. The molecule has 2 aromatic rings. The molecule has 8 heteroatoms. The molecule has 2 rings (SSSR count). The molecule has 0 aliphatic heterocycles. The molecule has 0 aliphatic carbocycles.